The summed E-state index contributed by atoms with van der Waals surface area (Å²) in [6.45, 7) is 3.68. The molecule has 0 saturated carbocycles. The third-order valence-electron chi connectivity index (χ3n) is 4.71. The van der Waals surface area contributed by atoms with Crippen LogP contribution in [-0.4, -0.2) is 70.7 Å². The monoisotopic (exact) mass is 501 g/mol. The van der Waals surface area contributed by atoms with Crippen LogP contribution in [0.25, 0.3) is 0 Å². The predicted octanol–water partition coefficient (Wildman–Crippen LogP) is -3.69. The van der Waals surface area contributed by atoms with Gasteiger partial charge in [-0.2, -0.15) is 0 Å². The van der Waals surface area contributed by atoms with Gasteiger partial charge in [0, 0.05) is 12.8 Å². The van der Waals surface area contributed by atoms with Gasteiger partial charge in [-0.1, -0.05) is 13.8 Å². The summed E-state index contributed by atoms with van der Waals surface area (Å²) in [6, 6.07) is -5.43. The zero-order chi connectivity index (χ0) is 27.3. The zero-order valence-electron chi connectivity index (χ0n) is 19.7. The summed E-state index contributed by atoms with van der Waals surface area (Å²) in [5, 5.41) is 16.0. The molecule has 0 bridgehead atoms. The molecule has 12 N–H and O–H groups in total. The molecule has 4 unspecified atom stereocenters. The van der Waals surface area contributed by atoms with Crippen molar-refractivity contribution >= 4 is 41.4 Å². The molecular weight excluding hydrogens is 466 g/mol. The first-order chi connectivity index (χ1) is 16.1. The van der Waals surface area contributed by atoms with E-state index in [1.54, 1.807) is 0 Å². The minimum Gasteiger partial charge on any atom is -0.480 e. The normalized spacial score (nSPS) is 14.2. The van der Waals surface area contributed by atoms with Crippen LogP contribution < -0.4 is 38.9 Å². The molecule has 0 aromatic heterocycles. The second kappa shape index (κ2) is 15.2. The summed E-state index contributed by atoms with van der Waals surface area (Å²) in [7, 11) is 0. The number of carboxylic acid groups (broad SMARTS) is 1. The average Bonchev–Trinajstić information content (AvgIpc) is 2.71. The van der Waals surface area contributed by atoms with Crippen LogP contribution >= 0.6 is 0 Å². The van der Waals surface area contributed by atoms with Crippen molar-refractivity contribution in [1.82, 2.24) is 16.0 Å². The van der Waals surface area contributed by atoms with Gasteiger partial charge in [0.25, 0.3) is 0 Å². The fourth-order valence-electron chi connectivity index (χ4n) is 2.95. The Kier molecular flexibility index (Phi) is 13.6. The lowest BCUT2D eigenvalue weighted by atomic mass is 10.0. The van der Waals surface area contributed by atoms with Crippen molar-refractivity contribution in [1.29, 1.82) is 0 Å². The number of rotatable bonds is 17. The molecule has 0 aliphatic carbocycles. The first-order valence-electron chi connectivity index (χ1n) is 10.9. The Labute approximate surface area is 202 Å². The number of aliphatic carboxylic acids is 1. The Bertz CT molecular complexity index is 817. The molecule has 0 fully saturated rings. The van der Waals surface area contributed by atoms with Crippen molar-refractivity contribution in [2.45, 2.75) is 76.5 Å². The van der Waals surface area contributed by atoms with Crippen LogP contribution in [0.15, 0.2) is 0 Å². The van der Waals surface area contributed by atoms with Crippen molar-refractivity contribution in [2.75, 3.05) is 0 Å². The first kappa shape index (κ1) is 31.2. The summed E-state index contributed by atoms with van der Waals surface area (Å²) in [4.78, 5) is 82.8. The number of carbonyl (C=O) groups excluding carboxylic acids is 6. The molecule has 15 nitrogen and oxygen atoms in total. The van der Waals surface area contributed by atoms with Gasteiger partial charge in [-0.25, -0.2) is 4.79 Å². The maximum Gasteiger partial charge on any atom is 0.326 e. The van der Waals surface area contributed by atoms with Crippen LogP contribution in [0.1, 0.15) is 52.4 Å². The van der Waals surface area contributed by atoms with Gasteiger partial charge in [-0.15, -0.1) is 0 Å². The minimum atomic E-state index is -1.69. The van der Waals surface area contributed by atoms with E-state index in [2.05, 4.69) is 16.0 Å². The summed E-state index contributed by atoms with van der Waals surface area (Å²) < 4.78 is 0. The summed E-state index contributed by atoms with van der Waals surface area (Å²) >= 11 is 0. The van der Waals surface area contributed by atoms with Gasteiger partial charge in [-0.05, 0) is 25.2 Å². The van der Waals surface area contributed by atoms with Gasteiger partial charge in [0.1, 0.15) is 18.1 Å². The van der Waals surface area contributed by atoms with E-state index in [0.29, 0.717) is 6.42 Å². The summed E-state index contributed by atoms with van der Waals surface area (Å²) in [6.07, 6.45) is -1.58. The van der Waals surface area contributed by atoms with E-state index in [4.69, 9.17) is 22.9 Å². The number of carboxylic acids is 1. The lowest BCUT2D eigenvalue weighted by molar-refractivity contribution is -0.144. The van der Waals surface area contributed by atoms with E-state index >= 15 is 0 Å². The fourth-order valence-corrected chi connectivity index (χ4v) is 2.95. The Morgan fingerprint density at radius 1 is 0.686 bits per heavy atom. The molecular formula is C20H35N7O8. The predicted molar refractivity (Wildman–Crippen MR) is 122 cm³/mol. The van der Waals surface area contributed by atoms with Crippen molar-refractivity contribution < 1.29 is 38.7 Å². The van der Waals surface area contributed by atoms with Crippen molar-refractivity contribution in [3.63, 3.8) is 0 Å². The molecule has 0 saturated heterocycles. The molecule has 0 aromatic rings. The molecule has 198 valence electrons. The second-order valence-corrected chi connectivity index (χ2v) is 8.44. The average molecular weight is 502 g/mol. The molecule has 0 aromatic carbocycles. The first-order valence-corrected chi connectivity index (χ1v) is 10.9. The van der Waals surface area contributed by atoms with Gasteiger partial charge in [0.05, 0.1) is 12.5 Å². The van der Waals surface area contributed by atoms with Gasteiger partial charge in [0.15, 0.2) is 0 Å². The molecule has 6 amide bonds. The highest BCUT2D eigenvalue weighted by molar-refractivity contribution is 5.95. The Morgan fingerprint density at radius 3 is 1.43 bits per heavy atom. The van der Waals surface area contributed by atoms with Crippen molar-refractivity contribution in [3.05, 3.63) is 0 Å². The van der Waals surface area contributed by atoms with E-state index in [1.165, 1.54) is 0 Å². The van der Waals surface area contributed by atoms with Crippen molar-refractivity contribution in [3.8, 4) is 0 Å². The molecule has 4 atom stereocenters. The lowest BCUT2D eigenvalue weighted by Gasteiger charge is -2.25. The number of amides is 6. The van der Waals surface area contributed by atoms with Crippen LogP contribution in [0.2, 0.25) is 0 Å². The molecule has 0 aliphatic rings. The van der Waals surface area contributed by atoms with Crippen LogP contribution in [0.5, 0.6) is 0 Å². The van der Waals surface area contributed by atoms with E-state index in [-0.39, 0.29) is 31.6 Å². The van der Waals surface area contributed by atoms with Crippen LogP contribution in [0, 0.1) is 5.92 Å². The number of carbonyl (C=O) groups is 7. The fraction of sp³-hybridized carbons (Fsp3) is 0.650. The molecule has 35 heavy (non-hydrogen) atoms. The van der Waals surface area contributed by atoms with Crippen LogP contribution in [0.3, 0.4) is 0 Å². The molecule has 15 heteroatoms. The second-order valence-electron chi connectivity index (χ2n) is 8.44. The Balaban J connectivity index is 5.65. The zero-order valence-corrected chi connectivity index (χ0v) is 19.7. The Morgan fingerprint density at radius 2 is 1.09 bits per heavy atom. The number of hydrogen-bond acceptors (Lipinski definition) is 8. The lowest BCUT2D eigenvalue weighted by Crippen LogP contribution is -2.57. The van der Waals surface area contributed by atoms with Crippen LogP contribution in [0.4, 0.5) is 0 Å². The molecule has 0 radical (unpaired) electrons. The largest absolute Gasteiger partial charge is 0.480 e. The SMILES string of the molecule is CC(C)CC(N)C(=O)NC(CCC(N)=O)C(=O)NC(CCC(N)=O)C(=O)NC(CC(N)=O)C(=O)O. The quantitative estimate of drug-likeness (QED) is 0.0971. The minimum absolute atomic E-state index is 0.0816. The molecule has 0 spiro atoms. The third-order valence-corrected chi connectivity index (χ3v) is 4.71. The van der Waals surface area contributed by atoms with E-state index in [0.717, 1.165) is 0 Å². The van der Waals surface area contributed by atoms with Gasteiger partial charge in [-0.3, -0.25) is 28.8 Å². The Hall–Kier alpha value is -3.75. The smallest absolute Gasteiger partial charge is 0.326 e. The highest BCUT2D eigenvalue weighted by atomic mass is 16.4. The highest BCUT2D eigenvalue weighted by Crippen LogP contribution is 2.06. The van der Waals surface area contributed by atoms with Gasteiger partial charge in [0.2, 0.25) is 35.4 Å². The topological polar surface area (TPSA) is 280 Å². The van der Waals surface area contributed by atoms with Crippen LogP contribution in [-0.2, 0) is 33.6 Å². The third kappa shape index (κ3) is 13.5. The molecule has 0 rings (SSSR count). The van der Waals surface area contributed by atoms with E-state index < -0.39 is 72.0 Å². The summed E-state index contributed by atoms with van der Waals surface area (Å²) in [5.74, 6) is -6.64. The van der Waals surface area contributed by atoms with Gasteiger partial charge >= 0.3 is 5.97 Å². The summed E-state index contributed by atoms with van der Waals surface area (Å²) in [5.41, 5.74) is 21.1. The highest BCUT2D eigenvalue weighted by Gasteiger charge is 2.31. The van der Waals surface area contributed by atoms with Gasteiger partial charge < -0.3 is 44.0 Å². The van der Waals surface area contributed by atoms with E-state index in [9.17, 15) is 38.7 Å². The van der Waals surface area contributed by atoms with Crippen molar-refractivity contribution in [2.24, 2.45) is 28.9 Å². The maximum absolute atomic E-state index is 12.9. The number of hydrogen-bond donors (Lipinski definition) is 8. The standard InChI is InChI=1S/C20H35N7O8/c1-9(2)7-10(21)17(31)25-11(3-5-14(22)28)18(32)26-12(4-6-15(23)29)19(33)27-13(20(34)35)8-16(24)30/h9-13H,3-8,21H2,1-2H3,(H2,22,28)(H2,23,29)(H2,24,30)(H,25,31)(H,26,32)(H,27,33)(H,34,35). The molecule has 0 aliphatic heterocycles. The number of primary amides is 3. The maximum atomic E-state index is 12.9. The number of nitrogens with two attached hydrogens (primary N) is 4. The molecule has 0 heterocycles. The number of nitrogens with one attached hydrogen (secondary N) is 3. The van der Waals surface area contributed by atoms with E-state index in [1.807, 2.05) is 13.8 Å².